The van der Waals surface area contributed by atoms with Crippen molar-refractivity contribution in [3.8, 4) is 0 Å². The second-order valence-electron chi connectivity index (χ2n) is 7.09. The van der Waals surface area contributed by atoms with Crippen molar-refractivity contribution in [2.75, 3.05) is 32.7 Å². The number of Topliss-reactive ketones (excluding diaryl/α,β-unsaturated/α-hetero) is 1. The molecule has 1 fully saturated rings. The maximum absolute atomic E-state index is 12.7. The minimum absolute atomic E-state index is 0.0197. The van der Waals surface area contributed by atoms with Crippen molar-refractivity contribution in [1.82, 2.24) is 9.80 Å². The summed E-state index contributed by atoms with van der Waals surface area (Å²) in [6.45, 7) is 13.7. The minimum Gasteiger partial charge on any atom is -0.300 e. The van der Waals surface area contributed by atoms with Crippen molar-refractivity contribution in [3.63, 3.8) is 0 Å². The molecule has 2 rings (SSSR count). The molecular weight excluding hydrogens is 352 g/mol. The van der Waals surface area contributed by atoms with Gasteiger partial charge in [-0.2, -0.15) is 0 Å². The van der Waals surface area contributed by atoms with E-state index in [1.54, 1.807) is 0 Å². The van der Waals surface area contributed by atoms with Gasteiger partial charge >= 0.3 is 0 Å². The molecule has 0 spiro atoms. The Morgan fingerprint density at radius 3 is 2.09 bits per heavy atom. The van der Waals surface area contributed by atoms with E-state index in [4.69, 9.17) is 0 Å². The number of carbonyl (C=O) groups is 1. The Balaban J connectivity index is 2.07. The van der Waals surface area contributed by atoms with Crippen molar-refractivity contribution in [2.45, 2.75) is 39.7 Å². The summed E-state index contributed by atoms with van der Waals surface area (Å²) in [7, 11) is 0. The highest BCUT2D eigenvalue weighted by Gasteiger charge is 2.27. The van der Waals surface area contributed by atoms with E-state index in [1.807, 2.05) is 26.0 Å². The number of rotatable bonds is 6. The summed E-state index contributed by atoms with van der Waals surface area (Å²) < 4.78 is 1.06. The van der Waals surface area contributed by atoms with Gasteiger partial charge in [-0.3, -0.25) is 14.6 Å². The lowest BCUT2D eigenvalue weighted by Gasteiger charge is -2.38. The third kappa shape index (κ3) is 5.13. The normalized spacial score (nSPS) is 18.6. The second kappa shape index (κ2) is 8.41. The number of piperazine rings is 1. The molecule has 1 atom stereocenters. The van der Waals surface area contributed by atoms with Crippen LogP contribution in [0.3, 0.4) is 0 Å². The first-order valence-corrected chi connectivity index (χ1v) is 9.43. The first kappa shape index (κ1) is 18.6. The van der Waals surface area contributed by atoms with Gasteiger partial charge in [0.25, 0.3) is 0 Å². The predicted octanol–water partition coefficient (Wildman–Crippen LogP) is 3.78. The molecule has 0 unspecified atom stereocenters. The zero-order valence-corrected chi connectivity index (χ0v) is 16.3. The van der Waals surface area contributed by atoms with Crippen LogP contribution in [0.4, 0.5) is 0 Å². The molecule has 0 saturated carbocycles. The molecule has 4 heteroatoms. The van der Waals surface area contributed by atoms with Crippen LogP contribution >= 0.6 is 15.9 Å². The quantitative estimate of drug-likeness (QED) is 0.749. The molecule has 3 nitrogen and oxygen atoms in total. The van der Waals surface area contributed by atoms with E-state index in [2.05, 4.69) is 51.7 Å². The zero-order valence-electron chi connectivity index (χ0n) is 14.8. The molecule has 0 aromatic heterocycles. The van der Waals surface area contributed by atoms with Crippen molar-refractivity contribution in [1.29, 1.82) is 0 Å². The largest absolute Gasteiger partial charge is 0.300 e. The highest BCUT2D eigenvalue weighted by molar-refractivity contribution is 9.10. The SMILES string of the molecule is CC(C)C(=O)[C@H](CN1CCN(C(C)C)CC1)c1ccc(Br)cc1. The second-order valence-corrected chi connectivity index (χ2v) is 8.01. The maximum atomic E-state index is 12.7. The van der Waals surface area contributed by atoms with Crippen LogP contribution in [0.2, 0.25) is 0 Å². The Labute approximate surface area is 149 Å². The van der Waals surface area contributed by atoms with E-state index >= 15 is 0 Å². The lowest BCUT2D eigenvalue weighted by molar-refractivity contribution is -0.124. The molecule has 128 valence electrons. The van der Waals surface area contributed by atoms with Gasteiger partial charge in [0.1, 0.15) is 5.78 Å². The van der Waals surface area contributed by atoms with E-state index in [1.165, 1.54) is 0 Å². The van der Waals surface area contributed by atoms with Crippen LogP contribution in [-0.2, 0) is 4.79 Å². The van der Waals surface area contributed by atoms with Crippen molar-refractivity contribution < 1.29 is 4.79 Å². The monoisotopic (exact) mass is 380 g/mol. The minimum atomic E-state index is -0.0197. The number of hydrogen-bond acceptors (Lipinski definition) is 3. The molecule has 0 radical (unpaired) electrons. The molecular formula is C19H29BrN2O. The highest BCUT2D eigenvalue weighted by Crippen LogP contribution is 2.24. The molecule has 1 aromatic rings. The van der Waals surface area contributed by atoms with E-state index in [-0.39, 0.29) is 11.8 Å². The number of hydrogen-bond donors (Lipinski definition) is 0. The Hall–Kier alpha value is -0.710. The van der Waals surface area contributed by atoms with Gasteiger partial charge in [0.05, 0.1) is 5.92 Å². The van der Waals surface area contributed by atoms with Crippen LogP contribution in [0.25, 0.3) is 0 Å². The molecule has 1 aliphatic heterocycles. The van der Waals surface area contributed by atoms with Crippen LogP contribution in [0.5, 0.6) is 0 Å². The van der Waals surface area contributed by atoms with E-state index < -0.39 is 0 Å². The molecule has 1 heterocycles. The van der Waals surface area contributed by atoms with Crippen LogP contribution < -0.4 is 0 Å². The van der Waals surface area contributed by atoms with Gasteiger partial charge in [0.2, 0.25) is 0 Å². The van der Waals surface area contributed by atoms with Crippen molar-refractivity contribution in [2.24, 2.45) is 5.92 Å². The van der Waals surface area contributed by atoms with Crippen LogP contribution in [0, 0.1) is 5.92 Å². The van der Waals surface area contributed by atoms with Crippen molar-refractivity contribution >= 4 is 21.7 Å². The summed E-state index contributed by atoms with van der Waals surface area (Å²) in [5.41, 5.74) is 1.14. The summed E-state index contributed by atoms with van der Waals surface area (Å²) in [4.78, 5) is 17.7. The molecule has 0 N–H and O–H groups in total. The molecule has 0 aliphatic carbocycles. The molecule has 23 heavy (non-hydrogen) atoms. The highest BCUT2D eigenvalue weighted by atomic mass is 79.9. The maximum Gasteiger partial charge on any atom is 0.144 e. The van der Waals surface area contributed by atoms with Gasteiger partial charge in [0.15, 0.2) is 0 Å². The van der Waals surface area contributed by atoms with Gasteiger partial charge < -0.3 is 0 Å². The Morgan fingerprint density at radius 2 is 1.61 bits per heavy atom. The first-order valence-electron chi connectivity index (χ1n) is 8.64. The standard InChI is InChI=1S/C19H29BrN2O/c1-14(2)19(23)18(16-5-7-17(20)8-6-16)13-21-9-11-22(12-10-21)15(3)4/h5-8,14-15,18H,9-13H2,1-4H3/t18-/m1/s1. The number of carbonyl (C=O) groups excluding carboxylic acids is 1. The fraction of sp³-hybridized carbons (Fsp3) is 0.632. The van der Waals surface area contributed by atoms with E-state index in [9.17, 15) is 4.79 Å². The Morgan fingerprint density at radius 1 is 1.04 bits per heavy atom. The molecule has 1 saturated heterocycles. The zero-order chi connectivity index (χ0) is 17.0. The third-order valence-electron chi connectivity index (χ3n) is 4.76. The molecule has 1 aromatic carbocycles. The topological polar surface area (TPSA) is 23.6 Å². The molecule has 1 aliphatic rings. The summed E-state index contributed by atoms with van der Waals surface area (Å²) >= 11 is 3.48. The van der Waals surface area contributed by atoms with Crippen LogP contribution in [0.1, 0.15) is 39.2 Å². The fourth-order valence-electron chi connectivity index (χ4n) is 3.18. The summed E-state index contributed by atoms with van der Waals surface area (Å²) in [5, 5.41) is 0. The van der Waals surface area contributed by atoms with Crippen LogP contribution in [-0.4, -0.2) is 54.3 Å². The smallest absolute Gasteiger partial charge is 0.144 e. The average Bonchev–Trinajstić information content (AvgIpc) is 2.53. The van der Waals surface area contributed by atoms with Gasteiger partial charge in [-0.25, -0.2) is 0 Å². The van der Waals surface area contributed by atoms with Crippen LogP contribution in [0.15, 0.2) is 28.7 Å². The number of nitrogens with zero attached hydrogens (tertiary/aromatic N) is 2. The molecule has 0 amide bonds. The lowest BCUT2D eigenvalue weighted by Crippen LogP contribution is -2.50. The average molecular weight is 381 g/mol. The van der Waals surface area contributed by atoms with E-state index in [0.717, 1.165) is 42.8 Å². The van der Waals surface area contributed by atoms with Gasteiger partial charge in [-0.15, -0.1) is 0 Å². The predicted molar refractivity (Wildman–Crippen MR) is 99.9 cm³/mol. The summed E-state index contributed by atoms with van der Waals surface area (Å²) in [5.74, 6) is 0.396. The Bertz CT molecular complexity index is 505. The number of halogens is 1. The van der Waals surface area contributed by atoms with E-state index in [0.29, 0.717) is 11.8 Å². The van der Waals surface area contributed by atoms with Crippen molar-refractivity contribution in [3.05, 3.63) is 34.3 Å². The number of ketones is 1. The Kier molecular flexibility index (Phi) is 6.81. The summed E-state index contributed by atoms with van der Waals surface area (Å²) in [6, 6.07) is 8.84. The van der Waals surface area contributed by atoms with Gasteiger partial charge in [0, 0.05) is 49.2 Å². The van der Waals surface area contributed by atoms with Gasteiger partial charge in [-0.1, -0.05) is 41.9 Å². The number of benzene rings is 1. The first-order chi connectivity index (χ1) is 10.9. The van der Waals surface area contributed by atoms with Gasteiger partial charge in [-0.05, 0) is 31.5 Å². The summed E-state index contributed by atoms with van der Waals surface area (Å²) in [6.07, 6.45) is 0. The lowest BCUT2D eigenvalue weighted by atomic mass is 9.88. The third-order valence-corrected chi connectivity index (χ3v) is 5.29. The fourth-order valence-corrected chi connectivity index (χ4v) is 3.44. The molecule has 0 bridgehead atoms.